The first-order valence-electron chi connectivity index (χ1n) is 11.3. The van der Waals surface area contributed by atoms with Crippen LogP contribution in [-0.2, 0) is 7.05 Å². The van der Waals surface area contributed by atoms with Crippen LogP contribution in [0.3, 0.4) is 0 Å². The molecule has 3 heterocycles. The van der Waals surface area contributed by atoms with Gasteiger partial charge in [0.2, 0.25) is 4.80 Å². The lowest BCUT2D eigenvalue weighted by molar-refractivity contribution is 0.524. The molecule has 0 aliphatic rings. The molecule has 0 aliphatic carbocycles. The topological polar surface area (TPSA) is 69.7 Å². The van der Waals surface area contributed by atoms with Gasteiger partial charge in [0.1, 0.15) is 17.2 Å². The third-order valence-corrected chi connectivity index (χ3v) is 7.25. The summed E-state index contributed by atoms with van der Waals surface area (Å²) < 4.78 is 12.0. The van der Waals surface area contributed by atoms with Crippen molar-refractivity contribution in [3.8, 4) is 16.9 Å². The van der Waals surface area contributed by atoms with Gasteiger partial charge in [0.15, 0.2) is 5.69 Å². The first-order chi connectivity index (χ1) is 17.3. The zero-order valence-corrected chi connectivity index (χ0v) is 22.7. The van der Waals surface area contributed by atoms with E-state index in [1.807, 2.05) is 105 Å². The van der Waals surface area contributed by atoms with Gasteiger partial charge in [-0.2, -0.15) is 5.10 Å². The van der Waals surface area contributed by atoms with E-state index in [-0.39, 0.29) is 5.56 Å². The summed E-state index contributed by atoms with van der Waals surface area (Å²) >= 11 is 4.93. The second-order valence-electron chi connectivity index (χ2n) is 8.34. The fraction of sp³-hybridized carbons (Fsp3) is 0.148. The zero-order chi connectivity index (χ0) is 25.4. The lowest BCUT2D eigenvalue weighted by Crippen LogP contribution is -2.20. The molecule has 0 N–H and O–H groups in total. The van der Waals surface area contributed by atoms with E-state index in [9.17, 15) is 4.79 Å². The van der Waals surface area contributed by atoms with Gasteiger partial charge in [0.05, 0.1) is 17.1 Å². The molecule has 0 bridgehead atoms. The quantitative estimate of drug-likeness (QED) is 0.240. The smallest absolute Gasteiger partial charge is 0.297 e. The highest BCUT2D eigenvalue weighted by Crippen LogP contribution is 2.24. The molecule has 0 radical (unpaired) electrons. The van der Waals surface area contributed by atoms with Crippen molar-refractivity contribution in [2.24, 2.45) is 17.1 Å². The SMILES string of the molecule is CC(=Nn1c(-c2ccc(Br)cc2)csc1=Nc1c(C)n(C)n(-c2ccccc2)c1=O)c1ccc(C)o1. The first kappa shape index (κ1) is 24.0. The zero-order valence-electron chi connectivity index (χ0n) is 20.3. The standard InChI is InChI=1S/C27H24BrN5O2S/c1-17-10-15-24(35-17)18(2)30-32-23(20-11-13-21(28)14-12-20)16-36-27(32)29-25-19(3)31(4)33(26(25)34)22-8-6-5-7-9-22/h5-16H,1-4H3. The number of hydrogen-bond donors (Lipinski definition) is 0. The molecule has 0 spiro atoms. The van der Waals surface area contributed by atoms with Crippen molar-refractivity contribution in [2.75, 3.05) is 0 Å². The molecule has 2 aromatic carbocycles. The predicted octanol–water partition coefficient (Wildman–Crippen LogP) is 6.18. The molecule has 36 heavy (non-hydrogen) atoms. The summed E-state index contributed by atoms with van der Waals surface area (Å²) in [5.74, 6) is 1.50. The number of furan rings is 1. The molecule has 0 saturated carbocycles. The molecule has 0 aliphatic heterocycles. The van der Waals surface area contributed by atoms with Crippen LogP contribution >= 0.6 is 27.3 Å². The summed E-state index contributed by atoms with van der Waals surface area (Å²) in [6.45, 7) is 5.69. The van der Waals surface area contributed by atoms with E-state index in [0.29, 0.717) is 22.0 Å². The molecule has 0 saturated heterocycles. The van der Waals surface area contributed by atoms with Crippen molar-refractivity contribution < 1.29 is 4.42 Å². The molecule has 0 atom stereocenters. The number of benzene rings is 2. The first-order valence-corrected chi connectivity index (χ1v) is 13.0. The Morgan fingerprint density at radius 2 is 1.72 bits per heavy atom. The van der Waals surface area contributed by atoms with Crippen LogP contribution in [0.2, 0.25) is 0 Å². The molecule has 5 aromatic rings. The van der Waals surface area contributed by atoms with Crippen LogP contribution in [0.4, 0.5) is 5.69 Å². The maximum atomic E-state index is 13.5. The van der Waals surface area contributed by atoms with E-state index >= 15 is 0 Å². The Labute approximate surface area is 220 Å². The normalized spacial score (nSPS) is 12.5. The molecule has 5 rings (SSSR count). The molecule has 0 amide bonds. The Morgan fingerprint density at radius 1 is 1.00 bits per heavy atom. The van der Waals surface area contributed by atoms with E-state index in [4.69, 9.17) is 14.5 Å². The summed E-state index contributed by atoms with van der Waals surface area (Å²) in [5, 5.41) is 6.87. The fourth-order valence-electron chi connectivity index (χ4n) is 3.90. The van der Waals surface area contributed by atoms with Crippen molar-refractivity contribution >= 4 is 38.7 Å². The number of halogens is 1. The summed E-state index contributed by atoms with van der Waals surface area (Å²) in [4.78, 5) is 18.9. The van der Waals surface area contributed by atoms with Crippen molar-refractivity contribution in [2.45, 2.75) is 20.8 Å². The van der Waals surface area contributed by atoms with Crippen LogP contribution in [0, 0.1) is 13.8 Å². The molecular formula is C27H24BrN5O2S. The molecular weight excluding hydrogens is 538 g/mol. The van der Waals surface area contributed by atoms with Crippen LogP contribution in [0.25, 0.3) is 16.9 Å². The maximum absolute atomic E-state index is 13.5. The lowest BCUT2D eigenvalue weighted by Gasteiger charge is -2.07. The number of rotatable bonds is 5. The van der Waals surface area contributed by atoms with Gasteiger partial charge in [0.25, 0.3) is 5.56 Å². The van der Waals surface area contributed by atoms with Gasteiger partial charge in [-0.05, 0) is 57.2 Å². The molecule has 182 valence electrons. The fourth-order valence-corrected chi connectivity index (χ4v) is 5.00. The maximum Gasteiger partial charge on any atom is 0.297 e. The minimum absolute atomic E-state index is 0.186. The summed E-state index contributed by atoms with van der Waals surface area (Å²) in [7, 11) is 1.86. The van der Waals surface area contributed by atoms with Gasteiger partial charge in [-0.1, -0.05) is 46.3 Å². The number of thiazole rings is 1. The second kappa shape index (κ2) is 9.75. The Morgan fingerprint density at radius 3 is 2.39 bits per heavy atom. The molecule has 0 fully saturated rings. The minimum atomic E-state index is -0.186. The average Bonchev–Trinajstić information content (AvgIpc) is 3.54. The van der Waals surface area contributed by atoms with Crippen molar-refractivity contribution in [3.63, 3.8) is 0 Å². The third-order valence-electron chi connectivity index (χ3n) is 5.90. The molecule has 0 unspecified atom stereocenters. The highest BCUT2D eigenvalue weighted by atomic mass is 79.9. The van der Waals surface area contributed by atoms with Gasteiger partial charge >= 0.3 is 0 Å². The Hall–Kier alpha value is -3.69. The van der Waals surface area contributed by atoms with Gasteiger partial charge in [-0.25, -0.2) is 14.4 Å². The second-order valence-corrected chi connectivity index (χ2v) is 10.1. The predicted molar refractivity (Wildman–Crippen MR) is 147 cm³/mol. The Balaban J connectivity index is 1.72. The van der Waals surface area contributed by atoms with E-state index in [1.54, 1.807) is 9.36 Å². The molecule has 9 heteroatoms. The number of nitrogens with zero attached hydrogens (tertiary/aromatic N) is 5. The van der Waals surface area contributed by atoms with Crippen LogP contribution in [0.5, 0.6) is 0 Å². The van der Waals surface area contributed by atoms with Crippen molar-refractivity contribution in [1.82, 2.24) is 14.0 Å². The van der Waals surface area contributed by atoms with E-state index in [1.165, 1.54) is 11.3 Å². The van der Waals surface area contributed by atoms with Crippen molar-refractivity contribution in [3.05, 3.63) is 109 Å². The van der Waals surface area contributed by atoms with Gasteiger partial charge in [-0.3, -0.25) is 9.48 Å². The lowest BCUT2D eigenvalue weighted by atomic mass is 10.2. The monoisotopic (exact) mass is 561 g/mol. The number of hydrogen-bond acceptors (Lipinski definition) is 5. The summed E-state index contributed by atoms with van der Waals surface area (Å²) in [5.41, 5.74) is 4.28. The average molecular weight is 562 g/mol. The van der Waals surface area contributed by atoms with Crippen LogP contribution < -0.4 is 10.4 Å². The summed E-state index contributed by atoms with van der Waals surface area (Å²) in [6.07, 6.45) is 0. The highest BCUT2D eigenvalue weighted by Gasteiger charge is 2.17. The van der Waals surface area contributed by atoms with Crippen LogP contribution in [-0.4, -0.2) is 19.8 Å². The van der Waals surface area contributed by atoms with Crippen molar-refractivity contribution in [1.29, 1.82) is 0 Å². The summed E-state index contributed by atoms with van der Waals surface area (Å²) in [6, 6.07) is 21.4. The van der Waals surface area contributed by atoms with Crippen LogP contribution in [0.15, 0.2) is 95.9 Å². The Kier molecular flexibility index (Phi) is 6.51. The molecule has 3 aromatic heterocycles. The van der Waals surface area contributed by atoms with Gasteiger partial charge in [-0.15, -0.1) is 11.3 Å². The largest absolute Gasteiger partial charge is 0.460 e. The minimum Gasteiger partial charge on any atom is -0.460 e. The van der Waals surface area contributed by atoms with Gasteiger partial charge in [0, 0.05) is 22.5 Å². The van der Waals surface area contributed by atoms with Gasteiger partial charge < -0.3 is 4.42 Å². The van der Waals surface area contributed by atoms with Crippen LogP contribution in [0.1, 0.15) is 24.1 Å². The van der Waals surface area contributed by atoms with E-state index in [2.05, 4.69) is 15.9 Å². The van der Waals surface area contributed by atoms with E-state index in [0.717, 1.165) is 32.9 Å². The Bertz CT molecular complexity index is 1700. The number of aromatic nitrogens is 3. The van der Waals surface area contributed by atoms with E-state index < -0.39 is 0 Å². The number of para-hydroxylation sites is 1. The highest BCUT2D eigenvalue weighted by molar-refractivity contribution is 9.10. The third kappa shape index (κ3) is 4.47. The molecule has 7 nitrogen and oxygen atoms in total. The number of aryl methyl sites for hydroxylation is 1.